The number of benzene rings is 10. The van der Waals surface area contributed by atoms with E-state index in [0.29, 0.717) is 17.6 Å². The first kappa shape index (κ1) is 34.8. The van der Waals surface area contributed by atoms with Crippen molar-refractivity contribution < 1.29 is 0 Å². The van der Waals surface area contributed by atoms with E-state index in [1.54, 1.807) is 0 Å². The summed E-state index contributed by atoms with van der Waals surface area (Å²) in [5, 5.41) is 12.3. The van der Waals surface area contributed by atoms with Crippen molar-refractivity contribution in [3.8, 4) is 51.0 Å². The monoisotopic (exact) mass is 806 g/mol. The number of rotatable bonds is 5. The molecule has 5 heteroatoms. The maximum Gasteiger partial charge on any atom is 0.238 e. The van der Waals surface area contributed by atoms with Crippen molar-refractivity contribution in [3.05, 3.63) is 206 Å². The Balaban J connectivity index is 1.06. The Kier molecular flexibility index (Phi) is 7.74. The maximum absolute atomic E-state index is 5.41. The summed E-state index contributed by atoms with van der Waals surface area (Å²) in [5.41, 5.74) is 8.69. The Morgan fingerprint density at radius 2 is 0.790 bits per heavy atom. The van der Waals surface area contributed by atoms with E-state index in [-0.39, 0.29) is 0 Å². The van der Waals surface area contributed by atoms with Gasteiger partial charge in [0.15, 0.2) is 11.6 Å². The van der Waals surface area contributed by atoms with Crippen molar-refractivity contribution in [1.82, 2.24) is 19.5 Å². The van der Waals surface area contributed by atoms with Gasteiger partial charge in [0.2, 0.25) is 5.95 Å². The van der Waals surface area contributed by atoms with E-state index in [1.165, 1.54) is 74.4 Å². The Hall–Kier alpha value is -7.99. The minimum absolute atomic E-state index is 0.585. The van der Waals surface area contributed by atoms with Gasteiger partial charge in [-0.1, -0.05) is 194 Å². The van der Waals surface area contributed by atoms with Gasteiger partial charge in [-0.05, 0) is 66.7 Å². The molecule has 0 unspecified atom stereocenters. The fraction of sp³-hybridized carbons (Fsp3) is 0. The number of nitrogens with zero attached hydrogens (tertiary/aromatic N) is 4. The number of hydrogen-bond acceptors (Lipinski definition) is 4. The molecule has 0 saturated heterocycles. The summed E-state index contributed by atoms with van der Waals surface area (Å²) in [5.74, 6) is 1.82. The van der Waals surface area contributed by atoms with Crippen molar-refractivity contribution >= 4 is 85.6 Å². The lowest BCUT2D eigenvalue weighted by Gasteiger charge is -2.13. The molecule has 62 heavy (non-hydrogen) atoms. The molecule has 3 aromatic heterocycles. The first-order valence-electron chi connectivity index (χ1n) is 20.9. The molecule has 0 saturated carbocycles. The highest BCUT2D eigenvalue weighted by molar-refractivity contribution is 7.27. The highest BCUT2D eigenvalue weighted by Crippen LogP contribution is 2.47. The Morgan fingerprint density at radius 1 is 0.339 bits per heavy atom. The summed E-state index contributed by atoms with van der Waals surface area (Å²) in [4.78, 5) is 16.1. The third kappa shape index (κ3) is 5.35. The van der Waals surface area contributed by atoms with Crippen molar-refractivity contribution in [1.29, 1.82) is 0 Å². The van der Waals surface area contributed by atoms with Gasteiger partial charge in [0.25, 0.3) is 0 Å². The summed E-state index contributed by atoms with van der Waals surface area (Å²) >= 11 is 1.84. The van der Waals surface area contributed by atoms with Crippen LogP contribution in [0.5, 0.6) is 0 Å². The largest absolute Gasteiger partial charge is 0.276 e. The molecule has 288 valence electrons. The first-order valence-corrected chi connectivity index (χ1v) is 21.8. The predicted molar refractivity (Wildman–Crippen MR) is 261 cm³/mol. The number of para-hydroxylation sites is 1. The van der Waals surface area contributed by atoms with E-state index in [1.807, 2.05) is 11.3 Å². The van der Waals surface area contributed by atoms with Crippen molar-refractivity contribution in [3.63, 3.8) is 0 Å². The summed E-state index contributed by atoms with van der Waals surface area (Å²) in [6.07, 6.45) is 0. The van der Waals surface area contributed by atoms with Crippen LogP contribution in [0, 0.1) is 0 Å². The fourth-order valence-corrected chi connectivity index (χ4v) is 10.9. The molecule has 3 heterocycles. The van der Waals surface area contributed by atoms with Gasteiger partial charge in [-0.3, -0.25) is 4.57 Å². The smallest absolute Gasteiger partial charge is 0.238 e. The molecule has 13 aromatic rings. The molecule has 0 amide bonds. The summed E-state index contributed by atoms with van der Waals surface area (Å²) in [6, 6.07) is 73.7. The topological polar surface area (TPSA) is 43.6 Å². The van der Waals surface area contributed by atoms with E-state index in [9.17, 15) is 0 Å². The van der Waals surface area contributed by atoms with E-state index < -0.39 is 0 Å². The third-order valence-corrected chi connectivity index (χ3v) is 13.6. The minimum Gasteiger partial charge on any atom is -0.276 e. The van der Waals surface area contributed by atoms with Crippen LogP contribution in [0.25, 0.3) is 125 Å². The summed E-state index contributed by atoms with van der Waals surface area (Å²) in [6.45, 7) is 0. The molecule has 4 nitrogen and oxygen atoms in total. The second kappa shape index (κ2) is 13.8. The number of hydrogen-bond donors (Lipinski definition) is 0. The zero-order valence-electron chi connectivity index (χ0n) is 33.3. The number of aromatic nitrogens is 4. The average Bonchev–Trinajstić information content (AvgIpc) is 3.91. The van der Waals surface area contributed by atoms with Crippen LogP contribution in [0.4, 0.5) is 0 Å². The van der Waals surface area contributed by atoms with E-state index >= 15 is 0 Å². The number of fused-ring (bicyclic) bond motifs is 12. The minimum atomic E-state index is 0.585. The van der Waals surface area contributed by atoms with Crippen LogP contribution in [0.1, 0.15) is 0 Å². The lowest BCUT2D eigenvalue weighted by Crippen LogP contribution is -2.06. The molecule has 0 aliphatic rings. The van der Waals surface area contributed by atoms with Gasteiger partial charge in [0, 0.05) is 37.4 Å². The van der Waals surface area contributed by atoms with E-state index in [2.05, 4.69) is 211 Å². The molecular formula is C57H34N4S. The second-order valence-electron chi connectivity index (χ2n) is 15.9. The Labute approximate surface area is 360 Å². The molecule has 0 aliphatic heterocycles. The van der Waals surface area contributed by atoms with Gasteiger partial charge in [-0.2, -0.15) is 9.97 Å². The molecular weight excluding hydrogens is 773 g/mol. The third-order valence-electron chi connectivity index (χ3n) is 12.5. The molecule has 0 fully saturated rings. The molecule has 0 N–H and O–H groups in total. The first-order chi connectivity index (χ1) is 30.7. The quantitative estimate of drug-likeness (QED) is 0.174. The standard InChI is InChI=1S/C57H34N4S/c1-3-17-41-35(13-1)15-11-23-43(41)37-27-31-39(32-28-37)55-58-56(40-33-29-38(30-34-40)44-24-12-16-36-14-2-4-18-42(36)44)60-57(59-55)61-49-25-9-7-21-47(49)51-45-19-5-6-20-46(45)52-48-22-8-10-26-50(48)62-54(52)53(51)61/h1-34H. The molecule has 13 rings (SSSR count). The van der Waals surface area contributed by atoms with Gasteiger partial charge in [0.05, 0.1) is 15.7 Å². The zero-order chi connectivity index (χ0) is 40.7. The molecule has 10 aromatic carbocycles. The highest BCUT2D eigenvalue weighted by Gasteiger charge is 2.24. The molecule has 0 radical (unpaired) electrons. The van der Waals surface area contributed by atoms with Gasteiger partial charge >= 0.3 is 0 Å². The van der Waals surface area contributed by atoms with Gasteiger partial charge in [-0.15, -0.1) is 11.3 Å². The molecule has 0 aliphatic carbocycles. The normalized spacial score (nSPS) is 11.9. The van der Waals surface area contributed by atoms with Crippen LogP contribution in [-0.4, -0.2) is 19.5 Å². The Bertz CT molecular complexity index is 3770. The summed E-state index contributed by atoms with van der Waals surface area (Å²) < 4.78 is 4.77. The lowest BCUT2D eigenvalue weighted by atomic mass is 9.97. The van der Waals surface area contributed by atoms with Crippen molar-refractivity contribution in [2.24, 2.45) is 0 Å². The molecule has 0 bridgehead atoms. The Morgan fingerprint density at radius 3 is 1.39 bits per heavy atom. The lowest BCUT2D eigenvalue weighted by molar-refractivity contribution is 0.955. The van der Waals surface area contributed by atoms with Crippen LogP contribution in [0.15, 0.2) is 206 Å². The van der Waals surface area contributed by atoms with Crippen LogP contribution >= 0.6 is 11.3 Å². The summed E-state index contributed by atoms with van der Waals surface area (Å²) in [7, 11) is 0. The average molecular weight is 807 g/mol. The van der Waals surface area contributed by atoms with Gasteiger partial charge in [0.1, 0.15) is 0 Å². The highest BCUT2D eigenvalue weighted by atomic mass is 32.1. The predicted octanol–water partition coefficient (Wildman–Crippen LogP) is 15.5. The van der Waals surface area contributed by atoms with Crippen molar-refractivity contribution in [2.45, 2.75) is 0 Å². The van der Waals surface area contributed by atoms with Crippen LogP contribution in [-0.2, 0) is 0 Å². The maximum atomic E-state index is 5.41. The molecule has 0 spiro atoms. The van der Waals surface area contributed by atoms with E-state index in [0.717, 1.165) is 33.3 Å². The number of thiophene rings is 1. The fourth-order valence-electron chi connectivity index (χ4n) is 9.61. The van der Waals surface area contributed by atoms with Gasteiger partial charge < -0.3 is 0 Å². The second-order valence-corrected chi connectivity index (χ2v) is 17.0. The van der Waals surface area contributed by atoms with Gasteiger partial charge in [-0.25, -0.2) is 4.98 Å². The van der Waals surface area contributed by atoms with E-state index in [4.69, 9.17) is 15.0 Å². The molecule has 0 atom stereocenters. The SMILES string of the molecule is c1ccc2c(-c3ccc(-c4nc(-c5ccc(-c6cccc7ccccc67)cc5)nc(-n5c6ccccc6c6c7ccccc7c7c8ccccc8sc7c65)n4)cc3)cccc2c1. The van der Waals surface area contributed by atoms with Crippen LogP contribution < -0.4 is 0 Å². The van der Waals surface area contributed by atoms with Crippen LogP contribution in [0.3, 0.4) is 0 Å². The van der Waals surface area contributed by atoms with Crippen molar-refractivity contribution in [2.75, 3.05) is 0 Å². The van der Waals surface area contributed by atoms with Crippen LogP contribution in [0.2, 0.25) is 0 Å². The zero-order valence-corrected chi connectivity index (χ0v) is 34.1.